The Labute approximate surface area is 212 Å². The van der Waals surface area contributed by atoms with Crippen molar-refractivity contribution in [3.63, 3.8) is 0 Å². The Morgan fingerprint density at radius 2 is 1.76 bits per heavy atom. The van der Waals surface area contributed by atoms with Crippen LogP contribution in [0, 0.1) is 5.82 Å². The molecule has 9 heteroatoms. The molecule has 1 fully saturated rings. The van der Waals surface area contributed by atoms with Gasteiger partial charge in [0.25, 0.3) is 0 Å². The molecule has 33 heavy (non-hydrogen) atoms. The lowest BCUT2D eigenvalue weighted by Gasteiger charge is -2.27. The average Bonchev–Trinajstić information content (AvgIpc) is 2.80. The lowest BCUT2D eigenvalue weighted by atomic mass is 10.1. The highest BCUT2D eigenvalue weighted by Gasteiger charge is 2.13. The molecule has 3 rings (SSSR count). The number of morpholine rings is 1. The number of carbonyl (C=O) groups is 1. The molecule has 1 aliphatic heterocycles. The zero-order chi connectivity index (χ0) is 22.6. The van der Waals surface area contributed by atoms with Gasteiger partial charge < -0.3 is 20.7 Å². The fraction of sp³-hybridized carbons (Fsp3) is 0.417. The van der Waals surface area contributed by atoms with Crippen molar-refractivity contribution in [2.24, 2.45) is 4.99 Å². The zero-order valence-corrected chi connectivity index (χ0v) is 21.3. The van der Waals surface area contributed by atoms with Gasteiger partial charge in [-0.15, -0.1) is 24.0 Å². The van der Waals surface area contributed by atoms with E-state index in [0.29, 0.717) is 31.2 Å². The summed E-state index contributed by atoms with van der Waals surface area (Å²) in [6, 6.07) is 14.5. The van der Waals surface area contributed by atoms with Gasteiger partial charge in [-0.05, 0) is 28.8 Å². The number of carbonyl (C=O) groups excluding carboxylic acids is 1. The van der Waals surface area contributed by atoms with Gasteiger partial charge in [0.15, 0.2) is 5.96 Å². The van der Waals surface area contributed by atoms with E-state index in [9.17, 15) is 9.18 Å². The van der Waals surface area contributed by atoms with Crippen LogP contribution in [0.5, 0.6) is 0 Å². The minimum atomic E-state index is -0.335. The Kier molecular flexibility index (Phi) is 12.1. The molecule has 0 bridgehead atoms. The van der Waals surface area contributed by atoms with Crippen LogP contribution in [-0.4, -0.2) is 63.2 Å². The Hall–Kier alpha value is -2.24. The second-order valence-electron chi connectivity index (χ2n) is 7.67. The number of nitrogens with one attached hydrogen (secondary N) is 3. The summed E-state index contributed by atoms with van der Waals surface area (Å²) in [7, 11) is 1.72. The van der Waals surface area contributed by atoms with Crippen molar-refractivity contribution >= 4 is 35.8 Å². The molecule has 2 aromatic carbocycles. The van der Waals surface area contributed by atoms with E-state index in [1.165, 1.54) is 23.3 Å². The quantitative estimate of drug-likeness (QED) is 0.187. The van der Waals surface area contributed by atoms with Crippen molar-refractivity contribution in [2.45, 2.75) is 19.5 Å². The van der Waals surface area contributed by atoms with Gasteiger partial charge >= 0.3 is 0 Å². The first kappa shape index (κ1) is 27.0. The van der Waals surface area contributed by atoms with Crippen LogP contribution < -0.4 is 16.0 Å². The van der Waals surface area contributed by atoms with Gasteiger partial charge in [0.2, 0.25) is 5.91 Å². The summed E-state index contributed by atoms with van der Waals surface area (Å²) in [5.74, 6) is 0.196. The summed E-state index contributed by atoms with van der Waals surface area (Å²) in [6.45, 7) is 6.03. The first-order valence-electron chi connectivity index (χ1n) is 11.0. The molecule has 3 N–H and O–H groups in total. The van der Waals surface area contributed by atoms with E-state index in [0.717, 1.165) is 32.8 Å². The molecule has 0 saturated carbocycles. The molecule has 1 heterocycles. The number of nitrogens with zero attached hydrogens (tertiary/aromatic N) is 2. The van der Waals surface area contributed by atoms with Crippen LogP contribution in [0.15, 0.2) is 53.5 Å². The third-order valence-corrected chi connectivity index (χ3v) is 5.28. The largest absolute Gasteiger partial charge is 0.379 e. The molecular weight excluding hydrogens is 536 g/mol. The SMILES string of the molecule is CN=C(NCCNC(=O)Cc1cccc(F)c1)NCc1ccccc1CN1CCOCC1.I. The third-order valence-electron chi connectivity index (χ3n) is 5.28. The zero-order valence-electron chi connectivity index (χ0n) is 19.0. The molecule has 1 amide bonds. The van der Waals surface area contributed by atoms with Crippen molar-refractivity contribution in [3.05, 3.63) is 71.0 Å². The van der Waals surface area contributed by atoms with E-state index < -0.39 is 0 Å². The van der Waals surface area contributed by atoms with Crippen LogP contribution in [0.25, 0.3) is 0 Å². The maximum absolute atomic E-state index is 13.2. The number of halogens is 2. The van der Waals surface area contributed by atoms with Gasteiger partial charge in [0, 0.05) is 46.3 Å². The van der Waals surface area contributed by atoms with Crippen LogP contribution in [0.2, 0.25) is 0 Å². The minimum Gasteiger partial charge on any atom is -0.379 e. The molecule has 1 saturated heterocycles. The van der Waals surface area contributed by atoms with Crippen molar-refractivity contribution in [1.29, 1.82) is 0 Å². The van der Waals surface area contributed by atoms with E-state index in [1.54, 1.807) is 19.2 Å². The number of amides is 1. The lowest BCUT2D eigenvalue weighted by Crippen LogP contribution is -2.41. The first-order valence-corrected chi connectivity index (χ1v) is 11.0. The average molecular weight is 569 g/mol. The second-order valence-corrected chi connectivity index (χ2v) is 7.67. The number of rotatable bonds is 9. The molecule has 0 spiro atoms. The highest BCUT2D eigenvalue weighted by Crippen LogP contribution is 2.13. The predicted molar refractivity (Wildman–Crippen MR) is 139 cm³/mol. The number of guanidine groups is 1. The summed E-state index contributed by atoms with van der Waals surface area (Å²) in [5.41, 5.74) is 3.18. The predicted octanol–water partition coefficient (Wildman–Crippen LogP) is 2.30. The highest BCUT2D eigenvalue weighted by molar-refractivity contribution is 14.0. The second kappa shape index (κ2) is 14.8. The van der Waals surface area contributed by atoms with Crippen LogP contribution in [-0.2, 0) is 29.0 Å². The summed E-state index contributed by atoms with van der Waals surface area (Å²) in [4.78, 5) is 18.7. The third kappa shape index (κ3) is 9.65. The smallest absolute Gasteiger partial charge is 0.224 e. The molecule has 180 valence electrons. The van der Waals surface area contributed by atoms with Crippen molar-refractivity contribution in [2.75, 3.05) is 46.4 Å². The normalized spacial score (nSPS) is 14.3. The molecule has 0 aliphatic carbocycles. The van der Waals surface area contributed by atoms with Gasteiger partial charge in [-0.1, -0.05) is 36.4 Å². The van der Waals surface area contributed by atoms with Gasteiger partial charge in [-0.3, -0.25) is 14.7 Å². The standard InChI is InChI=1S/C24H32FN5O2.HI/c1-26-24(28-10-9-27-23(31)16-19-5-4-8-22(25)15-19)29-17-20-6-2-3-7-21(20)18-30-11-13-32-14-12-30;/h2-8,15H,9-14,16-18H2,1H3,(H,27,31)(H2,26,28,29);1H. The Morgan fingerprint density at radius 1 is 1.03 bits per heavy atom. The number of aliphatic imine (C=N–C) groups is 1. The van der Waals surface area contributed by atoms with E-state index >= 15 is 0 Å². The summed E-state index contributed by atoms with van der Waals surface area (Å²) in [5, 5.41) is 9.38. The topological polar surface area (TPSA) is 78.0 Å². The Morgan fingerprint density at radius 3 is 2.48 bits per heavy atom. The maximum atomic E-state index is 13.2. The maximum Gasteiger partial charge on any atom is 0.224 e. The van der Waals surface area contributed by atoms with Crippen molar-refractivity contribution < 1.29 is 13.9 Å². The molecule has 0 atom stereocenters. The lowest BCUT2D eigenvalue weighted by molar-refractivity contribution is -0.120. The minimum absolute atomic E-state index is 0. The number of hydrogen-bond donors (Lipinski definition) is 3. The molecular formula is C24H33FIN5O2. The van der Waals surface area contributed by atoms with Crippen LogP contribution in [0.1, 0.15) is 16.7 Å². The Balaban J connectivity index is 0.00000385. The fourth-order valence-electron chi connectivity index (χ4n) is 3.56. The summed E-state index contributed by atoms with van der Waals surface area (Å²) in [6.07, 6.45) is 0.157. The molecule has 0 unspecified atom stereocenters. The fourth-order valence-corrected chi connectivity index (χ4v) is 3.56. The molecule has 7 nitrogen and oxygen atoms in total. The molecule has 2 aromatic rings. The van der Waals surface area contributed by atoms with Crippen LogP contribution in [0.4, 0.5) is 4.39 Å². The van der Waals surface area contributed by atoms with Crippen molar-refractivity contribution in [1.82, 2.24) is 20.9 Å². The van der Waals surface area contributed by atoms with Gasteiger partial charge in [-0.2, -0.15) is 0 Å². The van der Waals surface area contributed by atoms with Gasteiger partial charge in [-0.25, -0.2) is 4.39 Å². The summed E-state index contributed by atoms with van der Waals surface area (Å²) < 4.78 is 18.7. The highest BCUT2D eigenvalue weighted by atomic mass is 127. The number of ether oxygens (including phenoxy) is 1. The van der Waals surface area contributed by atoms with Gasteiger partial charge in [0.05, 0.1) is 19.6 Å². The van der Waals surface area contributed by atoms with Crippen LogP contribution in [0.3, 0.4) is 0 Å². The number of benzene rings is 2. The van der Waals surface area contributed by atoms with Crippen LogP contribution >= 0.6 is 24.0 Å². The van der Waals surface area contributed by atoms with Gasteiger partial charge in [0.1, 0.15) is 5.82 Å². The van der Waals surface area contributed by atoms with E-state index in [4.69, 9.17) is 4.74 Å². The Bertz CT molecular complexity index is 906. The molecule has 0 radical (unpaired) electrons. The van der Waals surface area contributed by atoms with Crippen molar-refractivity contribution in [3.8, 4) is 0 Å². The van der Waals surface area contributed by atoms with E-state index in [1.807, 2.05) is 6.07 Å². The number of hydrogen-bond acceptors (Lipinski definition) is 4. The molecule has 1 aliphatic rings. The van der Waals surface area contributed by atoms with E-state index in [-0.39, 0.29) is 42.1 Å². The monoisotopic (exact) mass is 569 g/mol. The summed E-state index contributed by atoms with van der Waals surface area (Å²) >= 11 is 0. The first-order chi connectivity index (χ1) is 15.6. The van der Waals surface area contributed by atoms with E-state index in [2.05, 4.69) is 44.0 Å². The molecule has 0 aromatic heterocycles.